The summed E-state index contributed by atoms with van der Waals surface area (Å²) < 4.78 is 30.7. The van der Waals surface area contributed by atoms with Gasteiger partial charge in [-0.3, -0.25) is 0 Å². The highest BCUT2D eigenvalue weighted by molar-refractivity contribution is 7.89. The third kappa shape index (κ3) is 3.23. The maximum absolute atomic E-state index is 11.7. The molecule has 0 aromatic carbocycles. The van der Waals surface area contributed by atoms with Gasteiger partial charge >= 0.3 is 0 Å². The molecule has 0 saturated heterocycles. The molecule has 0 amide bonds. The van der Waals surface area contributed by atoms with Crippen LogP contribution in [0.3, 0.4) is 0 Å². The number of nitrogens with one attached hydrogen (secondary N) is 2. The lowest BCUT2D eigenvalue weighted by atomic mass is 10.2. The molecule has 0 spiro atoms. The number of rotatable bonds is 6. The van der Waals surface area contributed by atoms with E-state index in [2.05, 4.69) is 20.2 Å². The van der Waals surface area contributed by atoms with E-state index in [0.717, 1.165) is 0 Å². The molecule has 2 N–H and O–H groups in total. The van der Waals surface area contributed by atoms with Crippen LogP contribution in [0.15, 0.2) is 20.9 Å². The molecule has 7 nitrogen and oxygen atoms in total. The molecule has 0 aliphatic carbocycles. The van der Waals surface area contributed by atoms with Crippen molar-refractivity contribution in [3.05, 3.63) is 17.3 Å². The smallest absolute Gasteiger partial charge is 0.268 e. The maximum atomic E-state index is 11.7. The molecular weight excluding hydrogens is 300 g/mol. The Balaban J connectivity index is 2.21. The highest BCUT2D eigenvalue weighted by Crippen LogP contribution is 2.28. The van der Waals surface area contributed by atoms with E-state index in [4.69, 9.17) is 4.52 Å². The van der Waals surface area contributed by atoms with E-state index in [1.165, 1.54) is 24.5 Å². The van der Waals surface area contributed by atoms with Crippen molar-refractivity contribution in [2.45, 2.75) is 24.3 Å². The van der Waals surface area contributed by atoms with Gasteiger partial charge in [-0.2, -0.15) is 4.98 Å². The Hall–Kier alpha value is -1.29. The molecule has 20 heavy (non-hydrogen) atoms. The SMILES string of the molecule is CNC(C)Cc1noc(-c2cc(S(=O)(=O)NC)cs2)n1. The summed E-state index contributed by atoms with van der Waals surface area (Å²) in [4.78, 5) is 5.10. The lowest BCUT2D eigenvalue weighted by molar-refractivity contribution is 0.419. The molecule has 0 bridgehead atoms. The summed E-state index contributed by atoms with van der Waals surface area (Å²) in [6, 6.07) is 1.76. The Bertz CT molecular complexity index is 677. The average Bonchev–Trinajstić information content (AvgIpc) is 3.06. The van der Waals surface area contributed by atoms with Gasteiger partial charge in [0.25, 0.3) is 5.89 Å². The molecule has 2 heterocycles. The largest absolute Gasteiger partial charge is 0.333 e. The van der Waals surface area contributed by atoms with Gasteiger partial charge in [0.15, 0.2) is 5.82 Å². The van der Waals surface area contributed by atoms with E-state index >= 15 is 0 Å². The highest BCUT2D eigenvalue weighted by Gasteiger charge is 2.18. The Morgan fingerprint density at radius 1 is 1.45 bits per heavy atom. The monoisotopic (exact) mass is 316 g/mol. The van der Waals surface area contributed by atoms with Crippen LogP contribution in [0.5, 0.6) is 0 Å². The first-order chi connectivity index (χ1) is 9.46. The summed E-state index contributed by atoms with van der Waals surface area (Å²) in [5.74, 6) is 0.930. The first-order valence-corrected chi connectivity index (χ1v) is 8.35. The number of likely N-dealkylation sites (N-methyl/N-ethyl adjacent to an activating group) is 1. The van der Waals surface area contributed by atoms with Crippen molar-refractivity contribution in [1.82, 2.24) is 20.2 Å². The Morgan fingerprint density at radius 3 is 2.85 bits per heavy atom. The normalized spacial score (nSPS) is 13.6. The Labute approximate surface area is 121 Å². The zero-order valence-electron chi connectivity index (χ0n) is 11.4. The van der Waals surface area contributed by atoms with Gasteiger partial charge in [-0.05, 0) is 27.1 Å². The van der Waals surface area contributed by atoms with Crippen LogP contribution in [0.2, 0.25) is 0 Å². The average molecular weight is 316 g/mol. The molecule has 0 saturated carbocycles. The van der Waals surface area contributed by atoms with Crippen LogP contribution in [0, 0.1) is 0 Å². The Kier molecular flexibility index (Phi) is 4.53. The standard InChI is InChI=1S/C11H16N4O3S2/c1-7(12-2)4-10-14-11(18-15-10)9-5-8(6-19-9)20(16,17)13-3/h5-7,12-13H,4H2,1-3H3. The number of hydrogen-bond donors (Lipinski definition) is 2. The van der Waals surface area contributed by atoms with Gasteiger partial charge in [0.05, 0.1) is 9.77 Å². The second-order valence-electron chi connectivity index (χ2n) is 4.26. The first-order valence-electron chi connectivity index (χ1n) is 5.98. The van der Waals surface area contributed by atoms with Crippen molar-refractivity contribution in [1.29, 1.82) is 0 Å². The fraction of sp³-hybridized carbons (Fsp3) is 0.455. The van der Waals surface area contributed by atoms with Crippen molar-refractivity contribution < 1.29 is 12.9 Å². The van der Waals surface area contributed by atoms with Gasteiger partial charge in [-0.1, -0.05) is 5.16 Å². The van der Waals surface area contributed by atoms with Crippen molar-refractivity contribution in [3.63, 3.8) is 0 Å². The van der Waals surface area contributed by atoms with Crippen LogP contribution in [0.25, 0.3) is 10.8 Å². The van der Waals surface area contributed by atoms with Crippen LogP contribution >= 0.6 is 11.3 Å². The minimum atomic E-state index is -3.44. The summed E-state index contributed by atoms with van der Waals surface area (Å²) in [7, 11) is -0.208. The van der Waals surface area contributed by atoms with Crippen LogP contribution in [0.4, 0.5) is 0 Å². The zero-order chi connectivity index (χ0) is 14.8. The fourth-order valence-electron chi connectivity index (χ4n) is 1.50. The van der Waals surface area contributed by atoms with Gasteiger partial charge in [-0.15, -0.1) is 11.3 Å². The molecule has 1 unspecified atom stereocenters. The lowest BCUT2D eigenvalue weighted by Crippen LogP contribution is -2.24. The van der Waals surface area contributed by atoms with E-state index in [1.54, 1.807) is 5.38 Å². The molecule has 9 heteroatoms. The van der Waals surface area contributed by atoms with Crippen molar-refractivity contribution in [2.75, 3.05) is 14.1 Å². The minimum Gasteiger partial charge on any atom is -0.333 e. The predicted octanol–water partition coefficient (Wildman–Crippen LogP) is 0.857. The molecular formula is C11H16N4O3S2. The van der Waals surface area contributed by atoms with Gasteiger partial charge in [-0.25, -0.2) is 13.1 Å². The molecule has 0 fully saturated rings. The highest BCUT2D eigenvalue weighted by atomic mass is 32.2. The van der Waals surface area contributed by atoms with Gasteiger partial charge in [0.1, 0.15) is 0 Å². The zero-order valence-corrected chi connectivity index (χ0v) is 13.0. The van der Waals surface area contributed by atoms with Crippen LogP contribution < -0.4 is 10.0 Å². The third-order valence-electron chi connectivity index (χ3n) is 2.81. The van der Waals surface area contributed by atoms with Crippen molar-refractivity contribution in [3.8, 4) is 10.8 Å². The van der Waals surface area contributed by atoms with E-state index in [0.29, 0.717) is 23.0 Å². The molecule has 2 aromatic heterocycles. The van der Waals surface area contributed by atoms with Gasteiger partial charge in [0, 0.05) is 17.8 Å². The quantitative estimate of drug-likeness (QED) is 0.820. The van der Waals surface area contributed by atoms with Crippen LogP contribution in [-0.4, -0.2) is 38.7 Å². The fourth-order valence-corrected chi connectivity index (χ4v) is 3.43. The van der Waals surface area contributed by atoms with E-state index in [1.807, 2.05) is 14.0 Å². The second kappa shape index (κ2) is 6.00. The summed E-state index contributed by atoms with van der Waals surface area (Å²) >= 11 is 1.25. The van der Waals surface area contributed by atoms with E-state index in [-0.39, 0.29) is 10.9 Å². The van der Waals surface area contributed by atoms with E-state index in [9.17, 15) is 8.42 Å². The third-order valence-corrected chi connectivity index (χ3v) is 5.28. The maximum Gasteiger partial charge on any atom is 0.268 e. The van der Waals surface area contributed by atoms with Gasteiger partial charge < -0.3 is 9.84 Å². The molecule has 2 aromatic rings. The molecule has 0 radical (unpaired) electrons. The number of nitrogens with zero attached hydrogens (tertiary/aromatic N) is 2. The summed E-state index contributed by atoms with van der Waals surface area (Å²) in [5.41, 5.74) is 0. The predicted molar refractivity (Wildman–Crippen MR) is 76.1 cm³/mol. The minimum absolute atomic E-state index is 0.198. The van der Waals surface area contributed by atoms with Crippen molar-refractivity contribution in [2.24, 2.45) is 0 Å². The molecule has 1 atom stereocenters. The number of hydrogen-bond acceptors (Lipinski definition) is 7. The second-order valence-corrected chi connectivity index (χ2v) is 7.06. The summed E-state index contributed by atoms with van der Waals surface area (Å²) in [6.45, 7) is 2.01. The van der Waals surface area contributed by atoms with E-state index < -0.39 is 10.0 Å². The molecule has 0 aliphatic heterocycles. The van der Waals surface area contributed by atoms with Crippen LogP contribution in [-0.2, 0) is 16.4 Å². The molecule has 110 valence electrons. The first kappa shape index (κ1) is 15.1. The number of thiophene rings is 1. The number of aromatic nitrogens is 2. The van der Waals surface area contributed by atoms with Crippen molar-refractivity contribution >= 4 is 21.4 Å². The summed E-state index contributed by atoms with van der Waals surface area (Å²) in [5, 5.41) is 8.52. The summed E-state index contributed by atoms with van der Waals surface area (Å²) in [6.07, 6.45) is 0.646. The molecule has 0 aliphatic rings. The van der Waals surface area contributed by atoms with Gasteiger partial charge in [0.2, 0.25) is 10.0 Å². The lowest BCUT2D eigenvalue weighted by Gasteiger charge is -2.04. The Morgan fingerprint density at radius 2 is 2.20 bits per heavy atom. The number of sulfonamides is 1. The molecule has 2 rings (SSSR count). The van der Waals surface area contributed by atoms with Crippen LogP contribution in [0.1, 0.15) is 12.7 Å². The topological polar surface area (TPSA) is 97.1 Å².